The van der Waals surface area contributed by atoms with Crippen molar-refractivity contribution in [3.8, 4) is 0 Å². The quantitative estimate of drug-likeness (QED) is 0.259. The monoisotopic (exact) mass is 550 g/mol. The van der Waals surface area contributed by atoms with Crippen molar-refractivity contribution in [2.75, 3.05) is 7.05 Å². The molecule has 1 fully saturated rings. The van der Waals surface area contributed by atoms with Crippen molar-refractivity contribution in [2.45, 2.75) is 91.0 Å². The van der Waals surface area contributed by atoms with Crippen LogP contribution in [0.3, 0.4) is 0 Å². The van der Waals surface area contributed by atoms with Gasteiger partial charge in [-0.1, -0.05) is 68.5 Å². The Hall–Kier alpha value is -2.62. The molecule has 1 saturated carbocycles. The molecule has 0 bridgehead atoms. The van der Waals surface area contributed by atoms with Crippen LogP contribution in [0, 0.1) is 19.8 Å². The number of hydrogen-bond acceptors (Lipinski definition) is 3. The molecule has 3 heteroatoms. The second kappa shape index (κ2) is 12.1. The van der Waals surface area contributed by atoms with Crippen molar-refractivity contribution in [2.24, 2.45) is 5.92 Å². The summed E-state index contributed by atoms with van der Waals surface area (Å²) in [6.45, 7) is 15.4. The summed E-state index contributed by atoms with van der Waals surface area (Å²) < 4.78 is 0. The molecule has 1 heterocycles. The van der Waals surface area contributed by atoms with E-state index in [1.54, 1.807) is 0 Å². The minimum absolute atomic E-state index is 0.198. The second-order valence-corrected chi connectivity index (χ2v) is 13.0. The van der Waals surface area contributed by atoms with Crippen LogP contribution in [0.25, 0.3) is 5.57 Å². The van der Waals surface area contributed by atoms with Crippen LogP contribution in [-0.2, 0) is 12.8 Å². The number of likely N-dealkylation sites (N-methyl/N-ethyl adjacent to an activating group) is 1. The Morgan fingerprint density at radius 2 is 1.75 bits per heavy atom. The molecule has 0 saturated heterocycles. The maximum Gasteiger partial charge on any atom is 0.0549 e. The Balaban J connectivity index is 1.39. The van der Waals surface area contributed by atoms with Gasteiger partial charge in [-0.25, -0.2) is 0 Å². The van der Waals surface area contributed by atoms with Gasteiger partial charge in [-0.15, -0.1) is 12.6 Å². The van der Waals surface area contributed by atoms with Crippen LogP contribution in [0.4, 0.5) is 0 Å². The van der Waals surface area contributed by atoms with Gasteiger partial charge in [0.2, 0.25) is 0 Å². The second-order valence-electron chi connectivity index (χ2n) is 12.5. The largest absolute Gasteiger partial charge is 0.310 e. The highest BCUT2D eigenvalue weighted by Gasteiger charge is 2.30. The molecule has 3 atom stereocenters. The minimum atomic E-state index is 0.198. The lowest BCUT2D eigenvalue weighted by atomic mass is 9.86. The molecule has 0 aliphatic heterocycles. The predicted molar refractivity (Wildman–Crippen MR) is 174 cm³/mol. The summed E-state index contributed by atoms with van der Waals surface area (Å²) in [6, 6.07) is 18.4. The van der Waals surface area contributed by atoms with E-state index in [1.165, 1.54) is 73.7 Å². The third-order valence-corrected chi connectivity index (χ3v) is 9.87. The normalized spacial score (nSPS) is 18.7. The maximum atomic E-state index is 5.35. The van der Waals surface area contributed by atoms with Crippen molar-refractivity contribution in [1.82, 2.24) is 10.3 Å². The van der Waals surface area contributed by atoms with Crippen molar-refractivity contribution < 1.29 is 0 Å². The number of thiol groups is 1. The van der Waals surface area contributed by atoms with E-state index in [2.05, 4.69) is 102 Å². The molecule has 1 N–H and O–H groups in total. The lowest BCUT2D eigenvalue weighted by molar-refractivity contribution is 0.582. The molecule has 0 spiro atoms. The Morgan fingerprint density at radius 3 is 2.40 bits per heavy atom. The number of nitrogens with zero attached hydrogens (tertiary/aromatic N) is 1. The van der Waals surface area contributed by atoms with E-state index in [-0.39, 0.29) is 6.04 Å². The van der Waals surface area contributed by atoms with E-state index >= 15 is 0 Å². The first kappa shape index (κ1) is 28.9. The summed E-state index contributed by atoms with van der Waals surface area (Å²) in [5.74, 6) is 1.42. The smallest absolute Gasteiger partial charge is 0.0549 e. The molecule has 2 aliphatic carbocycles. The van der Waals surface area contributed by atoms with E-state index in [0.29, 0.717) is 17.8 Å². The van der Waals surface area contributed by atoms with Crippen LogP contribution in [0.1, 0.15) is 115 Å². The first-order valence-electron chi connectivity index (χ1n) is 15.1. The Labute approximate surface area is 247 Å². The molecule has 3 aromatic rings. The number of benzene rings is 2. The van der Waals surface area contributed by atoms with Crippen LogP contribution >= 0.6 is 12.6 Å². The topological polar surface area (TPSA) is 24.9 Å². The molecule has 2 nitrogen and oxygen atoms in total. The summed E-state index contributed by atoms with van der Waals surface area (Å²) in [5, 5.41) is 3.67. The average Bonchev–Trinajstić information content (AvgIpc) is 3.78. The number of aryl methyl sites for hydroxylation is 2. The van der Waals surface area contributed by atoms with Crippen molar-refractivity contribution in [1.29, 1.82) is 0 Å². The molecular formula is C37H46N2S. The molecular weight excluding hydrogens is 504 g/mol. The zero-order chi connectivity index (χ0) is 28.6. The average molecular weight is 551 g/mol. The predicted octanol–water partition coefficient (Wildman–Crippen LogP) is 9.42. The van der Waals surface area contributed by atoms with Gasteiger partial charge in [0.15, 0.2) is 0 Å². The van der Waals surface area contributed by atoms with Gasteiger partial charge in [-0.3, -0.25) is 4.98 Å². The van der Waals surface area contributed by atoms with Crippen LogP contribution in [-0.4, -0.2) is 12.0 Å². The summed E-state index contributed by atoms with van der Waals surface area (Å²) in [7, 11) is 2.10. The maximum absolute atomic E-state index is 5.35. The van der Waals surface area contributed by atoms with Crippen LogP contribution < -0.4 is 5.32 Å². The van der Waals surface area contributed by atoms with Gasteiger partial charge < -0.3 is 5.32 Å². The van der Waals surface area contributed by atoms with Gasteiger partial charge >= 0.3 is 0 Å². The van der Waals surface area contributed by atoms with Crippen LogP contribution in [0.15, 0.2) is 65.6 Å². The zero-order valence-electron chi connectivity index (χ0n) is 25.3. The molecule has 3 unspecified atom stereocenters. The number of allylic oxidation sites excluding steroid dienone is 2. The summed E-state index contributed by atoms with van der Waals surface area (Å²) >= 11 is 5.14. The Bertz CT molecular complexity index is 1420. The molecule has 5 rings (SSSR count). The van der Waals surface area contributed by atoms with Gasteiger partial charge in [0, 0.05) is 17.3 Å². The van der Waals surface area contributed by atoms with Gasteiger partial charge in [-0.05, 0) is 134 Å². The van der Waals surface area contributed by atoms with Gasteiger partial charge in [0.05, 0.1) is 6.04 Å². The van der Waals surface area contributed by atoms with Crippen LogP contribution in [0.5, 0.6) is 0 Å². The fourth-order valence-corrected chi connectivity index (χ4v) is 7.09. The highest BCUT2D eigenvalue weighted by Crippen LogP contribution is 2.45. The number of hydrogen-bond donors (Lipinski definition) is 2. The number of pyridine rings is 1. The fraction of sp³-hybridized carbons (Fsp3) is 0.432. The standard InChI is InChI=1S/C37H46N2S/c1-22(2)28-14-15-29-19-26(6)35-30(21-31(29)20-28)16-18-33(39-35)23(3)11-17-32(37(40)27-12-13-27)36(38-7)34-24(4)9-8-10-25(34)5/h8-10,14-16,18,20,23,26-27,36,38,40H,1,11-13,17,19,21H2,2-7H3/b37-32-. The van der Waals surface area contributed by atoms with E-state index in [0.717, 1.165) is 31.3 Å². The molecule has 210 valence electrons. The molecule has 0 radical (unpaired) electrons. The van der Waals surface area contributed by atoms with Gasteiger partial charge in [0.1, 0.15) is 0 Å². The van der Waals surface area contributed by atoms with E-state index in [9.17, 15) is 0 Å². The van der Waals surface area contributed by atoms with Crippen LogP contribution in [0.2, 0.25) is 0 Å². The first-order chi connectivity index (χ1) is 19.2. The van der Waals surface area contributed by atoms with Crippen molar-refractivity contribution in [3.63, 3.8) is 0 Å². The highest BCUT2D eigenvalue weighted by atomic mass is 32.1. The first-order valence-corrected chi connectivity index (χ1v) is 15.5. The number of rotatable bonds is 9. The van der Waals surface area contributed by atoms with Crippen molar-refractivity contribution in [3.05, 3.63) is 116 Å². The van der Waals surface area contributed by atoms with Crippen molar-refractivity contribution >= 4 is 18.2 Å². The summed E-state index contributed by atoms with van der Waals surface area (Å²) in [6.07, 6.45) is 6.62. The fourth-order valence-electron chi connectivity index (χ4n) is 6.59. The van der Waals surface area contributed by atoms with E-state index in [1.807, 2.05) is 0 Å². The SMILES string of the molecule is C=C(C)c1ccc2c(c1)Cc1ccc(C(C)CC/C(=C(/S)C3CC3)C(NC)c3c(C)cccc3C)nc1C(C)C2. The molecule has 0 amide bonds. The molecule has 1 aromatic heterocycles. The lowest BCUT2D eigenvalue weighted by Crippen LogP contribution is -2.22. The molecule has 2 aromatic carbocycles. The summed E-state index contributed by atoms with van der Waals surface area (Å²) in [5.41, 5.74) is 14.7. The number of fused-ring (bicyclic) bond motifs is 2. The van der Waals surface area contributed by atoms with E-state index < -0.39 is 0 Å². The highest BCUT2D eigenvalue weighted by molar-refractivity contribution is 7.84. The Morgan fingerprint density at radius 1 is 1.05 bits per heavy atom. The van der Waals surface area contributed by atoms with E-state index in [4.69, 9.17) is 17.6 Å². The third kappa shape index (κ3) is 6.02. The van der Waals surface area contributed by atoms with Gasteiger partial charge in [0.25, 0.3) is 0 Å². The Kier molecular flexibility index (Phi) is 8.73. The lowest BCUT2D eigenvalue weighted by Gasteiger charge is -2.27. The van der Waals surface area contributed by atoms with Gasteiger partial charge in [-0.2, -0.15) is 0 Å². The zero-order valence-corrected chi connectivity index (χ0v) is 26.2. The molecule has 40 heavy (non-hydrogen) atoms. The minimum Gasteiger partial charge on any atom is -0.310 e. The molecule has 2 aliphatic rings. The third-order valence-electron chi connectivity index (χ3n) is 9.22. The number of aromatic nitrogens is 1. The summed E-state index contributed by atoms with van der Waals surface area (Å²) in [4.78, 5) is 6.66. The number of nitrogens with one attached hydrogen (secondary N) is 1.